The van der Waals surface area contributed by atoms with Crippen LogP contribution in [0.4, 0.5) is 0 Å². The smallest absolute Gasteiger partial charge is 0.162 e. The van der Waals surface area contributed by atoms with Crippen molar-refractivity contribution in [2.75, 3.05) is 0 Å². The van der Waals surface area contributed by atoms with Gasteiger partial charge in [0, 0.05) is 16.2 Å². The van der Waals surface area contributed by atoms with E-state index in [1.807, 2.05) is 128 Å². The van der Waals surface area contributed by atoms with Crippen LogP contribution in [-0.4, -0.2) is 34.0 Å². The van der Waals surface area contributed by atoms with Gasteiger partial charge in [-0.1, -0.05) is 137 Å². The van der Waals surface area contributed by atoms with E-state index in [0.717, 1.165) is 22.3 Å². The Hall–Kier alpha value is -3.08. The monoisotopic (exact) mass is 600 g/mol. The van der Waals surface area contributed by atoms with Crippen molar-refractivity contribution in [3.63, 3.8) is 0 Å². The van der Waals surface area contributed by atoms with Crippen LogP contribution in [0.15, 0.2) is 107 Å². The summed E-state index contributed by atoms with van der Waals surface area (Å²) in [5, 5.41) is 20.4. The highest BCUT2D eigenvalue weighted by Gasteiger charge is 2.54. The lowest BCUT2D eigenvalue weighted by atomic mass is 9.66. The van der Waals surface area contributed by atoms with E-state index >= 15 is 0 Å². The van der Waals surface area contributed by atoms with Crippen molar-refractivity contribution in [2.24, 2.45) is 21.7 Å². The normalized spacial score (nSPS) is 30.3. The maximum Gasteiger partial charge on any atom is 0.162 e. The number of hydrogen-bond donors (Lipinski definition) is 2. The Bertz CT molecular complexity index is 1270. The van der Waals surface area contributed by atoms with E-state index < -0.39 is 28.5 Å². The fourth-order valence-corrected chi connectivity index (χ4v) is 6.11. The molecular weight excluding hydrogens is 544 g/mol. The molecule has 0 heterocycles. The molecule has 0 radical (unpaired) electrons. The van der Waals surface area contributed by atoms with Crippen LogP contribution in [0.1, 0.15) is 94.9 Å². The van der Waals surface area contributed by atoms with Crippen LogP contribution in [0.2, 0.25) is 0 Å². The van der Waals surface area contributed by atoms with Crippen LogP contribution in [0.25, 0.3) is 0 Å². The zero-order valence-electron chi connectivity index (χ0n) is 28.8. The van der Waals surface area contributed by atoms with Gasteiger partial charge in [-0.2, -0.15) is 0 Å². The molecule has 0 amide bonds. The van der Waals surface area contributed by atoms with Crippen LogP contribution >= 0.6 is 0 Å². The predicted molar refractivity (Wildman–Crippen MR) is 185 cm³/mol. The van der Waals surface area contributed by atoms with Crippen LogP contribution in [0, 0.1) is 21.7 Å². The molecule has 0 unspecified atom stereocenters. The van der Waals surface area contributed by atoms with E-state index in [4.69, 9.17) is 0 Å². The van der Waals surface area contributed by atoms with Gasteiger partial charge in [0.2, 0.25) is 0 Å². The number of aliphatic hydroxyl groups excluding tert-OH is 2. The van der Waals surface area contributed by atoms with Crippen LogP contribution in [0.5, 0.6) is 0 Å². The fourth-order valence-electron chi connectivity index (χ4n) is 6.11. The molecule has 44 heavy (non-hydrogen) atoms. The van der Waals surface area contributed by atoms with Crippen LogP contribution in [0.3, 0.4) is 0 Å². The number of hydrogen-bond acceptors (Lipinski definition) is 4. The average molecular weight is 601 g/mol. The molecule has 2 saturated carbocycles. The first-order chi connectivity index (χ1) is 20.4. The molecule has 2 rings (SSSR count). The number of allylic oxidation sites excluding steroid dienone is 18. The van der Waals surface area contributed by atoms with Gasteiger partial charge in [-0.05, 0) is 70.9 Å². The summed E-state index contributed by atoms with van der Waals surface area (Å²) in [6.07, 6.45) is 28.8. The Balaban J connectivity index is 1.87. The zero-order chi connectivity index (χ0) is 33.3. The number of carbonyl (C=O) groups excluding carboxylic acids is 2. The quantitative estimate of drug-likeness (QED) is 0.173. The maximum absolute atomic E-state index is 12.9. The van der Waals surface area contributed by atoms with Crippen molar-refractivity contribution in [1.29, 1.82) is 0 Å². The molecule has 2 fully saturated rings. The molecule has 240 valence electrons. The summed E-state index contributed by atoms with van der Waals surface area (Å²) in [4.78, 5) is 25.9. The second-order valence-corrected chi connectivity index (χ2v) is 14.5. The third-order valence-corrected chi connectivity index (χ3v) is 10.4. The van der Waals surface area contributed by atoms with Gasteiger partial charge in [0.05, 0.1) is 12.2 Å². The lowest BCUT2D eigenvalue weighted by Crippen LogP contribution is -2.41. The summed E-state index contributed by atoms with van der Waals surface area (Å²) < 4.78 is 0. The Labute approximate surface area is 267 Å². The van der Waals surface area contributed by atoms with Gasteiger partial charge in [-0.3, -0.25) is 9.59 Å². The minimum atomic E-state index is -0.542. The molecule has 4 heteroatoms. The lowest BCUT2D eigenvalue weighted by Gasteiger charge is -2.38. The van der Waals surface area contributed by atoms with Crippen molar-refractivity contribution in [2.45, 2.75) is 107 Å². The predicted octanol–water partition coefficient (Wildman–Crippen LogP) is 9.07. The van der Waals surface area contributed by atoms with Gasteiger partial charge < -0.3 is 10.2 Å². The van der Waals surface area contributed by atoms with E-state index in [1.165, 1.54) is 0 Å². The Kier molecular flexibility index (Phi) is 12.9. The molecular formula is C40H56O4. The lowest BCUT2D eigenvalue weighted by molar-refractivity contribution is -0.130. The van der Waals surface area contributed by atoms with E-state index in [-0.39, 0.29) is 17.0 Å². The topological polar surface area (TPSA) is 74.6 Å². The molecule has 4 nitrogen and oxygen atoms in total. The van der Waals surface area contributed by atoms with Gasteiger partial charge in [0.1, 0.15) is 0 Å². The highest BCUT2D eigenvalue weighted by atomic mass is 16.3. The molecule has 0 aromatic carbocycles. The van der Waals surface area contributed by atoms with Crippen LogP contribution in [-0.2, 0) is 9.59 Å². The van der Waals surface area contributed by atoms with Crippen molar-refractivity contribution in [1.82, 2.24) is 0 Å². The number of aliphatic hydroxyl groups is 2. The van der Waals surface area contributed by atoms with E-state index in [0.29, 0.717) is 25.7 Å². The van der Waals surface area contributed by atoms with Crippen molar-refractivity contribution >= 4 is 11.6 Å². The van der Waals surface area contributed by atoms with Gasteiger partial charge in [-0.25, -0.2) is 0 Å². The molecule has 4 atom stereocenters. The number of rotatable bonds is 12. The molecule has 0 aromatic rings. The first kappa shape index (κ1) is 37.1. The third kappa shape index (κ3) is 9.22. The summed E-state index contributed by atoms with van der Waals surface area (Å²) in [6.45, 7) is 20.1. The molecule has 2 aliphatic carbocycles. The SMILES string of the molecule is CC(/C=C/C=C(C)/C=C/C(=O)[C@@]1(C)C[C@H](O)CC1(C)C)=C\C=C\C=C(C)\C=C\C=C(C)\C=C\C(=O)[C@@]1(C)CC[C@@H](O)C1(C)C. The minimum absolute atomic E-state index is 0.0742. The van der Waals surface area contributed by atoms with Gasteiger partial charge in [-0.15, -0.1) is 0 Å². The second kappa shape index (κ2) is 15.3. The van der Waals surface area contributed by atoms with Crippen molar-refractivity contribution < 1.29 is 19.8 Å². The van der Waals surface area contributed by atoms with E-state index in [2.05, 4.69) is 13.8 Å². The summed E-state index contributed by atoms with van der Waals surface area (Å²) in [5.74, 6) is 0.148. The first-order valence-electron chi connectivity index (χ1n) is 15.9. The highest BCUT2D eigenvalue weighted by molar-refractivity contribution is 5.96. The molecule has 2 aliphatic rings. The summed E-state index contributed by atoms with van der Waals surface area (Å²) in [5.41, 5.74) is 2.44. The van der Waals surface area contributed by atoms with Crippen LogP contribution < -0.4 is 0 Å². The Morgan fingerprint density at radius 2 is 0.977 bits per heavy atom. The molecule has 0 aromatic heterocycles. The largest absolute Gasteiger partial charge is 0.393 e. The fraction of sp³-hybridized carbons (Fsp3) is 0.500. The Morgan fingerprint density at radius 1 is 0.568 bits per heavy atom. The molecule has 0 bridgehead atoms. The number of carbonyl (C=O) groups is 2. The van der Waals surface area contributed by atoms with Crippen molar-refractivity contribution in [3.05, 3.63) is 107 Å². The molecule has 0 aliphatic heterocycles. The minimum Gasteiger partial charge on any atom is -0.393 e. The number of ketones is 2. The van der Waals surface area contributed by atoms with Gasteiger partial charge in [0.25, 0.3) is 0 Å². The molecule has 0 spiro atoms. The molecule has 2 N–H and O–H groups in total. The standard InChI is InChI=1S/C40H56O4/c1-29(17-13-19-31(3)21-23-35(43)39(9)26-25-34(42)38(39,7)8)15-11-12-16-30(2)18-14-20-32(4)22-24-36(44)40(10)28-33(41)27-37(40,5)6/h11-24,33-34,41-42H,25-28H2,1-10H3/b12-11+,17-13+,18-14+,23-21+,24-22+,29-15+,30-16+,31-19+,32-20+/t33-,34-,39-,40-/m1/s1. The van der Waals surface area contributed by atoms with Gasteiger partial charge in [0.15, 0.2) is 11.6 Å². The average Bonchev–Trinajstić information content (AvgIpc) is 3.29. The Morgan fingerprint density at radius 3 is 1.36 bits per heavy atom. The van der Waals surface area contributed by atoms with Crippen molar-refractivity contribution in [3.8, 4) is 0 Å². The molecule has 0 saturated heterocycles. The van der Waals surface area contributed by atoms with E-state index in [9.17, 15) is 19.8 Å². The summed E-state index contributed by atoms with van der Waals surface area (Å²) in [7, 11) is 0. The second-order valence-electron chi connectivity index (χ2n) is 14.5. The zero-order valence-corrected chi connectivity index (χ0v) is 28.8. The maximum atomic E-state index is 12.9. The summed E-state index contributed by atoms with van der Waals surface area (Å²) in [6, 6.07) is 0. The van der Waals surface area contributed by atoms with Gasteiger partial charge >= 0.3 is 0 Å². The van der Waals surface area contributed by atoms with E-state index in [1.54, 1.807) is 12.2 Å². The summed E-state index contributed by atoms with van der Waals surface area (Å²) >= 11 is 0. The third-order valence-electron chi connectivity index (χ3n) is 10.4. The highest BCUT2D eigenvalue weighted by Crippen LogP contribution is 2.54. The first-order valence-corrected chi connectivity index (χ1v) is 15.9.